The molecule has 172 valence electrons. The Bertz CT molecular complexity index is 1150. The summed E-state index contributed by atoms with van der Waals surface area (Å²) in [6, 6.07) is 14.0. The molecule has 33 heavy (non-hydrogen) atoms. The van der Waals surface area contributed by atoms with E-state index < -0.39 is 0 Å². The maximum Gasteiger partial charge on any atom is 0.251 e. The summed E-state index contributed by atoms with van der Waals surface area (Å²) in [5.74, 6) is 1.13. The van der Waals surface area contributed by atoms with E-state index in [-0.39, 0.29) is 17.9 Å². The van der Waals surface area contributed by atoms with Gasteiger partial charge >= 0.3 is 0 Å². The fraction of sp³-hybridized carbons (Fsp3) is 0.400. The van der Waals surface area contributed by atoms with Crippen LogP contribution in [0, 0.1) is 12.8 Å². The monoisotopic (exact) mass is 446 g/mol. The molecule has 8 heteroatoms. The van der Waals surface area contributed by atoms with E-state index >= 15 is 0 Å². The number of aryl methyl sites for hydroxylation is 2. The number of likely N-dealkylation sites (tertiary alicyclic amines) is 1. The van der Waals surface area contributed by atoms with Crippen molar-refractivity contribution in [3.63, 3.8) is 0 Å². The van der Waals surface area contributed by atoms with Gasteiger partial charge in [-0.1, -0.05) is 36.8 Å². The number of benzene rings is 2. The third-order valence-electron chi connectivity index (χ3n) is 6.13. The zero-order valence-electron chi connectivity index (χ0n) is 19.6. The summed E-state index contributed by atoms with van der Waals surface area (Å²) in [4.78, 5) is 26.4. The van der Waals surface area contributed by atoms with Gasteiger partial charge in [-0.2, -0.15) is 4.68 Å². The maximum absolute atomic E-state index is 13.2. The molecule has 1 unspecified atom stereocenters. The van der Waals surface area contributed by atoms with Crippen molar-refractivity contribution in [2.24, 2.45) is 5.92 Å². The van der Waals surface area contributed by atoms with E-state index in [1.807, 2.05) is 43.9 Å². The average Bonchev–Trinajstić information content (AvgIpc) is 3.25. The SMILES string of the molecule is CCc1nnnn1-c1cc(C(=O)NC(C)CC2CN(C(C)=O)C2)cc(-c2ccc(C)cc2)c1. The van der Waals surface area contributed by atoms with Crippen LogP contribution in [-0.2, 0) is 11.2 Å². The number of amides is 2. The van der Waals surface area contributed by atoms with Crippen LogP contribution < -0.4 is 5.32 Å². The van der Waals surface area contributed by atoms with Gasteiger partial charge in [0.15, 0.2) is 5.82 Å². The van der Waals surface area contributed by atoms with Gasteiger partial charge in [0.2, 0.25) is 5.91 Å². The molecule has 8 nitrogen and oxygen atoms in total. The van der Waals surface area contributed by atoms with E-state index in [9.17, 15) is 9.59 Å². The Morgan fingerprint density at radius 1 is 1.12 bits per heavy atom. The number of carbonyl (C=O) groups is 2. The fourth-order valence-electron chi connectivity index (χ4n) is 4.25. The first-order valence-corrected chi connectivity index (χ1v) is 11.4. The molecule has 1 aliphatic heterocycles. The molecule has 4 rings (SSSR count). The summed E-state index contributed by atoms with van der Waals surface area (Å²) in [6.45, 7) is 9.18. The lowest BCUT2D eigenvalue weighted by atomic mass is 9.92. The molecule has 1 N–H and O–H groups in total. The number of hydrogen-bond acceptors (Lipinski definition) is 5. The van der Waals surface area contributed by atoms with Crippen molar-refractivity contribution < 1.29 is 9.59 Å². The Morgan fingerprint density at radius 2 is 1.85 bits per heavy atom. The first-order valence-electron chi connectivity index (χ1n) is 11.4. The van der Waals surface area contributed by atoms with Gasteiger partial charge in [0.25, 0.3) is 5.91 Å². The summed E-state index contributed by atoms with van der Waals surface area (Å²) in [5, 5.41) is 15.2. The highest BCUT2D eigenvalue weighted by Crippen LogP contribution is 2.26. The van der Waals surface area contributed by atoms with Crippen LogP contribution in [0.5, 0.6) is 0 Å². The molecule has 2 aromatic carbocycles. The highest BCUT2D eigenvalue weighted by Gasteiger charge is 2.30. The molecule has 1 aromatic heterocycles. The summed E-state index contributed by atoms with van der Waals surface area (Å²) >= 11 is 0. The lowest BCUT2D eigenvalue weighted by molar-refractivity contribution is -0.135. The number of rotatable bonds is 7. The topological polar surface area (TPSA) is 93.0 Å². The third kappa shape index (κ3) is 5.10. The minimum Gasteiger partial charge on any atom is -0.350 e. The molecule has 0 bridgehead atoms. The molecule has 0 aliphatic carbocycles. The van der Waals surface area contributed by atoms with Gasteiger partial charge in [-0.3, -0.25) is 9.59 Å². The van der Waals surface area contributed by atoms with Crippen molar-refractivity contribution in [1.29, 1.82) is 0 Å². The Labute approximate surface area is 194 Å². The van der Waals surface area contributed by atoms with Gasteiger partial charge in [-0.15, -0.1) is 5.10 Å². The summed E-state index contributed by atoms with van der Waals surface area (Å²) in [6.07, 6.45) is 1.52. The van der Waals surface area contributed by atoms with E-state index in [2.05, 4.69) is 45.1 Å². The molecule has 3 aromatic rings. The minimum atomic E-state index is -0.133. The van der Waals surface area contributed by atoms with Gasteiger partial charge in [-0.25, -0.2) is 0 Å². The number of aromatic nitrogens is 4. The van der Waals surface area contributed by atoms with E-state index in [0.717, 1.165) is 42.1 Å². The van der Waals surface area contributed by atoms with Crippen LogP contribution >= 0.6 is 0 Å². The molecule has 1 fully saturated rings. The molecule has 1 aliphatic rings. The van der Waals surface area contributed by atoms with E-state index in [4.69, 9.17) is 0 Å². The third-order valence-corrected chi connectivity index (χ3v) is 6.13. The lowest BCUT2D eigenvalue weighted by Gasteiger charge is -2.40. The van der Waals surface area contributed by atoms with Gasteiger partial charge < -0.3 is 10.2 Å². The largest absolute Gasteiger partial charge is 0.350 e. The van der Waals surface area contributed by atoms with Crippen molar-refractivity contribution in [2.45, 2.75) is 46.6 Å². The Balaban J connectivity index is 1.58. The second kappa shape index (κ2) is 9.52. The summed E-state index contributed by atoms with van der Waals surface area (Å²) in [5.41, 5.74) is 4.44. The van der Waals surface area contributed by atoms with Crippen LogP contribution in [-0.4, -0.2) is 56.1 Å². The van der Waals surface area contributed by atoms with Crippen molar-refractivity contribution in [3.8, 4) is 16.8 Å². The highest BCUT2D eigenvalue weighted by molar-refractivity contribution is 5.96. The predicted molar refractivity (Wildman–Crippen MR) is 126 cm³/mol. The number of hydrogen-bond donors (Lipinski definition) is 1. The van der Waals surface area contributed by atoms with Crippen LogP contribution in [0.4, 0.5) is 0 Å². The Hall–Kier alpha value is -3.55. The minimum absolute atomic E-state index is 0.00216. The Morgan fingerprint density at radius 3 is 2.52 bits per heavy atom. The van der Waals surface area contributed by atoms with E-state index in [0.29, 0.717) is 17.9 Å². The summed E-state index contributed by atoms with van der Waals surface area (Å²) in [7, 11) is 0. The Kier molecular flexibility index (Phi) is 6.53. The van der Waals surface area contributed by atoms with Crippen LogP contribution in [0.25, 0.3) is 16.8 Å². The second-order valence-corrected chi connectivity index (χ2v) is 8.90. The zero-order chi connectivity index (χ0) is 23.5. The molecule has 1 atom stereocenters. The van der Waals surface area contributed by atoms with E-state index in [1.165, 1.54) is 5.56 Å². The zero-order valence-corrected chi connectivity index (χ0v) is 19.6. The maximum atomic E-state index is 13.2. The predicted octanol–water partition coefficient (Wildman–Crippen LogP) is 3.19. The molecule has 0 radical (unpaired) electrons. The van der Waals surface area contributed by atoms with Crippen LogP contribution in [0.1, 0.15) is 48.9 Å². The smallest absolute Gasteiger partial charge is 0.251 e. The first kappa shape index (κ1) is 22.6. The number of nitrogens with zero attached hydrogens (tertiary/aromatic N) is 5. The van der Waals surface area contributed by atoms with Gasteiger partial charge in [-0.05, 0) is 65.9 Å². The summed E-state index contributed by atoms with van der Waals surface area (Å²) < 4.78 is 1.68. The fourth-order valence-corrected chi connectivity index (χ4v) is 4.25. The highest BCUT2D eigenvalue weighted by atomic mass is 16.2. The number of nitrogens with one attached hydrogen (secondary N) is 1. The number of tetrazole rings is 1. The van der Waals surface area contributed by atoms with Crippen LogP contribution in [0.2, 0.25) is 0 Å². The van der Waals surface area contributed by atoms with Gasteiger partial charge in [0, 0.05) is 38.0 Å². The lowest BCUT2D eigenvalue weighted by Crippen LogP contribution is -2.51. The standard InChI is InChI=1S/C25H30N6O2/c1-5-24-27-28-29-31(24)23-12-21(20-8-6-16(2)7-9-20)11-22(13-23)25(33)26-17(3)10-19-14-30(15-19)18(4)32/h6-9,11-13,17,19H,5,10,14-15H2,1-4H3,(H,26,33). The van der Waals surface area contributed by atoms with Gasteiger partial charge in [0.05, 0.1) is 5.69 Å². The number of carbonyl (C=O) groups excluding carboxylic acids is 2. The van der Waals surface area contributed by atoms with E-state index in [1.54, 1.807) is 11.6 Å². The normalized spacial score (nSPS) is 14.6. The molecule has 0 saturated carbocycles. The van der Waals surface area contributed by atoms with Crippen molar-refractivity contribution >= 4 is 11.8 Å². The second-order valence-electron chi connectivity index (χ2n) is 8.90. The van der Waals surface area contributed by atoms with Crippen LogP contribution in [0.15, 0.2) is 42.5 Å². The van der Waals surface area contributed by atoms with Crippen molar-refractivity contribution in [2.75, 3.05) is 13.1 Å². The van der Waals surface area contributed by atoms with Crippen molar-refractivity contribution in [3.05, 3.63) is 59.4 Å². The first-order chi connectivity index (χ1) is 15.8. The van der Waals surface area contributed by atoms with Crippen molar-refractivity contribution in [1.82, 2.24) is 30.4 Å². The molecule has 2 amide bonds. The van der Waals surface area contributed by atoms with Gasteiger partial charge in [0.1, 0.15) is 0 Å². The average molecular weight is 447 g/mol. The molecule has 1 saturated heterocycles. The molecular formula is C25H30N6O2. The quantitative estimate of drug-likeness (QED) is 0.602. The molecule has 0 spiro atoms. The molecular weight excluding hydrogens is 416 g/mol. The molecule has 2 heterocycles. The van der Waals surface area contributed by atoms with Crippen LogP contribution in [0.3, 0.4) is 0 Å².